The van der Waals surface area contributed by atoms with Crippen LogP contribution < -0.4 is 11.0 Å². The molecular formula is C6H15N3O. The molecule has 60 valence electrons. The van der Waals surface area contributed by atoms with Crippen molar-refractivity contribution in [3.8, 4) is 0 Å². The maximum absolute atomic E-state index is 5.17. The Bertz CT molecular complexity index is 83.1. The van der Waals surface area contributed by atoms with Crippen LogP contribution in [0.25, 0.3) is 0 Å². The Balaban J connectivity index is 2.02. The van der Waals surface area contributed by atoms with E-state index in [0.29, 0.717) is 0 Å². The summed E-state index contributed by atoms with van der Waals surface area (Å²) in [5.41, 5.74) is 6.11. The lowest BCUT2D eigenvalue weighted by molar-refractivity contribution is 0.00206. The zero-order chi connectivity index (χ0) is 7.23. The molecule has 4 heteroatoms. The smallest absolute Gasteiger partial charge is 0.0608 e. The molecule has 1 saturated heterocycles. The molecule has 1 heterocycles. The molecule has 0 aromatic carbocycles. The van der Waals surface area contributed by atoms with Crippen molar-refractivity contribution in [2.75, 3.05) is 32.8 Å². The Morgan fingerprint density at radius 1 is 1.40 bits per heavy atom. The maximum atomic E-state index is 5.17. The molecule has 1 aliphatic rings. The number of nitrogens with one attached hydrogen (secondary N) is 2. The van der Waals surface area contributed by atoms with E-state index in [-0.39, 0.29) is 0 Å². The molecule has 0 unspecified atom stereocenters. The molecular weight excluding hydrogens is 130 g/mol. The molecule has 10 heavy (non-hydrogen) atoms. The molecule has 4 nitrogen and oxygen atoms in total. The Kier molecular flexibility index (Phi) is 3.67. The van der Waals surface area contributed by atoms with Crippen LogP contribution in [-0.4, -0.2) is 37.9 Å². The average molecular weight is 145 g/mol. The lowest BCUT2D eigenvalue weighted by atomic mass is 10.5. The Hall–Kier alpha value is -0.160. The van der Waals surface area contributed by atoms with Gasteiger partial charge in [-0.2, -0.15) is 5.53 Å². The zero-order valence-corrected chi connectivity index (χ0v) is 6.39. The van der Waals surface area contributed by atoms with E-state index >= 15 is 0 Å². The standard InChI is InChI=1S/C6H15N3O/c1-2-7-8-9-3-5-10-6-4-9/h7-8H,2-6H2,1H3. The minimum Gasteiger partial charge on any atom is -0.379 e. The van der Waals surface area contributed by atoms with Gasteiger partial charge < -0.3 is 4.74 Å². The highest BCUT2D eigenvalue weighted by Crippen LogP contribution is 1.89. The molecule has 1 aliphatic heterocycles. The molecule has 0 spiro atoms. The van der Waals surface area contributed by atoms with Crippen molar-refractivity contribution >= 4 is 0 Å². The van der Waals surface area contributed by atoms with E-state index in [0.717, 1.165) is 32.8 Å². The minimum absolute atomic E-state index is 0.832. The van der Waals surface area contributed by atoms with Crippen LogP contribution in [0.1, 0.15) is 6.92 Å². The van der Waals surface area contributed by atoms with Gasteiger partial charge in [0.15, 0.2) is 0 Å². The van der Waals surface area contributed by atoms with Crippen LogP contribution in [0, 0.1) is 0 Å². The molecule has 0 aromatic heterocycles. The molecule has 0 saturated carbocycles. The Morgan fingerprint density at radius 2 is 2.10 bits per heavy atom. The van der Waals surface area contributed by atoms with Crippen LogP contribution in [-0.2, 0) is 4.74 Å². The third kappa shape index (κ3) is 2.62. The predicted molar refractivity (Wildman–Crippen MR) is 39.2 cm³/mol. The molecule has 0 aromatic rings. The predicted octanol–water partition coefficient (Wildman–Crippen LogP) is -0.652. The second-order valence-corrected chi connectivity index (χ2v) is 2.24. The first-order chi connectivity index (χ1) is 4.93. The minimum atomic E-state index is 0.832. The number of morpholine rings is 1. The van der Waals surface area contributed by atoms with Crippen LogP contribution in [0.3, 0.4) is 0 Å². The fraction of sp³-hybridized carbons (Fsp3) is 1.00. The van der Waals surface area contributed by atoms with Gasteiger partial charge in [-0.05, 0) is 0 Å². The van der Waals surface area contributed by atoms with E-state index in [1.807, 2.05) is 0 Å². The average Bonchev–Trinajstić information content (AvgIpc) is 2.03. The van der Waals surface area contributed by atoms with Crippen LogP contribution >= 0.6 is 0 Å². The monoisotopic (exact) mass is 145 g/mol. The Labute approximate surface area is 61.5 Å². The van der Waals surface area contributed by atoms with E-state index in [1.54, 1.807) is 0 Å². The number of rotatable bonds is 3. The van der Waals surface area contributed by atoms with Crippen LogP contribution in [0.15, 0.2) is 0 Å². The number of nitrogens with zero attached hydrogens (tertiary/aromatic N) is 1. The molecule has 1 fully saturated rings. The van der Waals surface area contributed by atoms with E-state index in [4.69, 9.17) is 4.74 Å². The van der Waals surface area contributed by atoms with Crippen LogP contribution in [0.5, 0.6) is 0 Å². The van der Waals surface area contributed by atoms with Gasteiger partial charge in [-0.3, -0.25) is 0 Å². The third-order valence-electron chi connectivity index (χ3n) is 1.43. The zero-order valence-electron chi connectivity index (χ0n) is 6.39. The van der Waals surface area contributed by atoms with Gasteiger partial charge in [0.1, 0.15) is 0 Å². The van der Waals surface area contributed by atoms with Crippen LogP contribution in [0.4, 0.5) is 0 Å². The first kappa shape index (κ1) is 7.94. The van der Waals surface area contributed by atoms with Gasteiger partial charge in [0.25, 0.3) is 0 Å². The molecule has 0 atom stereocenters. The lowest BCUT2D eigenvalue weighted by Gasteiger charge is -2.26. The first-order valence-electron chi connectivity index (χ1n) is 3.74. The molecule has 0 bridgehead atoms. The quantitative estimate of drug-likeness (QED) is 0.517. The van der Waals surface area contributed by atoms with Gasteiger partial charge in [0, 0.05) is 19.6 Å². The second-order valence-electron chi connectivity index (χ2n) is 2.24. The van der Waals surface area contributed by atoms with Gasteiger partial charge >= 0.3 is 0 Å². The van der Waals surface area contributed by atoms with Crippen molar-refractivity contribution in [2.24, 2.45) is 0 Å². The van der Waals surface area contributed by atoms with E-state index < -0.39 is 0 Å². The van der Waals surface area contributed by atoms with Crippen molar-refractivity contribution < 1.29 is 4.74 Å². The fourth-order valence-corrected chi connectivity index (χ4v) is 0.866. The first-order valence-corrected chi connectivity index (χ1v) is 3.74. The summed E-state index contributed by atoms with van der Waals surface area (Å²) in [6.45, 7) is 6.60. The number of ether oxygens (including phenoxy) is 1. The SMILES string of the molecule is CCNNN1CCOCC1. The van der Waals surface area contributed by atoms with Gasteiger partial charge in [0.05, 0.1) is 13.2 Å². The third-order valence-corrected chi connectivity index (χ3v) is 1.43. The van der Waals surface area contributed by atoms with Crippen molar-refractivity contribution in [1.29, 1.82) is 0 Å². The number of hydrazine groups is 2. The van der Waals surface area contributed by atoms with Gasteiger partial charge in [0.2, 0.25) is 0 Å². The molecule has 2 N–H and O–H groups in total. The van der Waals surface area contributed by atoms with Crippen molar-refractivity contribution in [3.63, 3.8) is 0 Å². The van der Waals surface area contributed by atoms with Crippen molar-refractivity contribution in [2.45, 2.75) is 6.92 Å². The second kappa shape index (κ2) is 4.62. The largest absolute Gasteiger partial charge is 0.379 e. The maximum Gasteiger partial charge on any atom is 0.0608 e. The topological polar surface area (TPSA) is 36.5 Å². The van der Waals surface area contributed by atoms with Gasteiger partial charge in [-0.15, -0.1) is 0 Å². The molecule has 0 amide bonds. The summed E-state index contributed by atoms with van der Waals surface area (Å²) in [7, 11) is 0. The Morgan fingerprint density at radius 3 is 2.70 bits per heavy atom. The summed E-state index contributed by atoms with van der Waals surface area (Å²) in [6, 6.07) is 0. The lowest BCUT2D eigenvalue weighted by Crippen LogP contribution is -2.51. The van der Waals surface area contributed by atoms with E-state index in [1.165, 1.54) is 0 Å². The summed E-state index contributed by atoms with van der Waals surface area (Å²) in [4.78, 5) is 0. The molecule has 0 aliphatic carbocycles. The van der Waals surface area contributed by atoms with Crippen LogP contribution in [0.2, 0.25) is 0 Å². The number of hydrogen-bond acceptors (Lipinski definition) is 4. The summed E-state index contributed by atoms with van der Waals surface area (Å²) >= 11 is 0. The summed E-state index contributed by atoms with van der Waals surface area (Å²) in [5, 5.41) is 2.12. The normalized spacial score (nSPS) is 21.3. The summed E-state index contributed by atoms with van der Waals surface area (Å²) in [5.74, 6) is 0. The van der Waals surface area contributed by atoms with Crippen molar-refractivity contribution in [1.82, 2.24) is 16.0 Å². The van der Waals surface area contributed by atoms with Gasteiger partial charge in [-0.1, -0.05) is 6.92 Å². The summed E-state index contributed by atoms with van der Waals surface area (Å²) < 4.78 is 5.17. The molecule has 0 radical (unpaired) electrons. The highest BCUT2D eigenvalue weighted by molar-refractivity contribution is 4.54. The highest BCUT2D eigenvalue weighted by Gasteiger charge is 2.07. The molecule has 1 rings (SSSR count). The van der Waals surface area contributed by atoms with E-state index in [9.17, 15) is 0 Å². The highest BCUT2D eigenvalue weighted by atomic mass is 16.5. The summed E-state index contributed by atoms with van der Waals surface area (Å²) in [6.07, 6.45) is 0. The number of hydrogen-bond donors (Lipinski definition) is 2. The van der Waals surface area contributed by atoms with E-state index in [2.05, 4.69) is 22.9 Å². The fourth-order valence-electron chi connectivity index (χ4n) is 0.866. The van der Waals surface area contributed by atoms with Gasteiger partial charge in [-0.25, -0.2) is 10.4 Å². The van der Waals surface area contributed by atoms with Crippen molar-refractivity contribution in [3.05, 3.63) is 0 Å².